The molecule has 26 heavy (non-hydrogen) atoms. The van der Waals surface area contributed by atoms with Crippen LogP contribution in [0.15, 0.2) is 24.3 Å². The van der Waals surface area contributed by atoms with Gasteiger partial charge in [-0.1, -0.05) is 12.5 Å². The lowest BCUT2D eigenvalue weighted by Crippen LogP contribution is -2.49. The van der Waals surface area contributed by atoms with Crippen LogP contribution < -0.4 is 10.1 Å². The van der Waals surface area contributed by atoms with Gasteiger partial charge >= 0.3 is 6.03 Å². The van der Waals surface area contributed by atoms with Crippen molar-refractivity contribution in [2.45, 2.75) is 38.1 Å². The SMILES string of the molecule is COc1cccc(NC(=O)N2C[C@H]3CC[C@@H]2CN(C(=O)C2CCC2)C3)c1. The minimum Gasteiger partial charge on any atom is -0.497 e. The second kappa shape index (κ2) is 7.17. The maximum Gasteiger partial charge on any atom is 0.322 e. The molecule has 6 nitrogen and oxygen atoms in total. The molecule has 2 atom stereocenters. The first-order chi connectivity index (χ1) is 12.6. The number of hydrogen-bond acceptors (Lipinski definition) is 3. The summed E-state index contributed by atoms with van der Waals surface area (Å²) in [7, 11) is 1.61. The summed E-state index contributed by atoms with van der Waals surface area (Å²) in [5.41, 5.74) is 0.733. The predicted octanol–water partition coefficient (Wildman–Crippen LogP) is 2.95. The molecular formula is C20H27N3O3. The van der Waals surface area contributed by atoms with Crippen molar-refractivity contribution in [2.24, 2.45) is 11.8 Å². The highest BCUT2D eigenvalue weighted by Crippen LogP contribution is 2.33. The minimum absolute atomic E-state index is 0.0779. The van der Waals surface area contributed by atoms with Crippen LogP contribution in [0, 0.1) is 11.8 Å². The molecule has 0 radical (unpaired) electrons. The lowest BCUT2D eigenvalue weighted by atomic mass is 9.84. The number of benzene rings is 1. The average molecular weight is 357 g/mol. The molecule has 5 rings (SSSR count). The number of hydrogen-bond donors (Lipinski definition) is 1. The summed E-state index contributed by atoms with van der Waals surface area (Å²) in [6, 6.07) is 7.44. The van der Waals surface area contributed by atoms with Gasteiger partial charge < -0.3 is 19.9 Å². The second-order valence-electron chi connectivity index (χ2n) is 7.78. The molecule has 2 bridgehead atoms. The number of amides is 3. The van der Waals surface area contributed by atoms with E-state index >= 15 is 0 Å². The highest BCUT2D eigenvalue weighted by Gasteiger charge is 2.40. The zero-order valence-corrected chi connectivity index (χ0v) is 15.3. The molecule has 3 aliphatic heterocycles. The molecule has 3 heterocycles. The van der Waals surface area contributed by atoms with Crippen LogP contribution in [-0.4, -0.2) is 54.5 Å². The van der Waals surface area contributed by atoms with Gasteiger partial charge in [0, 0.05) is 37.3 Å². The van der Waals surface area contributed by atoms with E-state index in [2.05, 4.69) is 5.32 Å². The van der Waals surface area contributed by atoms with Gasteiger partial charge in [0.1, 0.15) is 5.75 Å². The van der Waals surface area contributed by atoms with E-state index in [0.717, 1.165) is 50.2 Å². The molecule has 140 valence electrons. The Balaban J connectivity index is 1.44. The van der Waals surface area contributed by atoms with Crippen LogP contribution in [-0.2, 0) is 4.79 Å². The first-order valence-electron chi connectivity index (χ1n) is 9.64. The fourth-order valence-corrected chi connectivity index (χ4v) is 4.32. The number of fused-ring (bicyclic) bond motifs is 4. The molecule has 1 aromatic carbocycles. The van der Waals surface area contributed by atoms with E-state index in [1.54, 1.807) is 7.11 Å². The number of urea groups is 1. The molecule has 3 saturated heterocycles. The van der Waals surface area contributed by atoms with Crippen LogP contribution in [0.2, 0.25) is 0 Å². The van der Waals surface area contributed by atoms with E-state index in [1.165, 1.54) is 6.42 Å². The van der Waals surface area contributed by atoms with Crippen LogP contribution >= 0.6 is 0 Å². The fourth-order valence-electron chi connectivity index (χ4n) is 4.32. The largest absolute Gasteiger partial charge is 0.497 e. The summed E-state index contributed by atoms with van der Waals surface area (Å²) in [6.45, 7) is 2.21. The van der Waals surface area contributed by atoms with Gasteiger partial charge in [-0.2, -0.15) is 0 Å². The van der Waals surface area contributed by atoms with E-state index < -0.39 is 0 Å². The van der Waals surface area contributed by atoms with Crippen molar-refractivity contribution in [1.82, 2.24) is 9.80 Å². The van der Waals surface area contributed by atoms with Crippen molar-refractivity contribution in [3.05, 3.63) is 24.3 Å². The van der Waals surface area contributed by atoms with Crippen LogP contribution in [0.5, 0.6) is 5.75 Å². The Hall–Kier alpha value is -2.24. The van der Waals surface area contributed by atoms with Crippen LogP contribution in [0.25, 0.3) is 0 Å². The molecule has 3 amide bonds. The molecule has 0 spiro atoms. The van der Waals surface area contributed by atoms with E-state index in [0.29, 0.717) is 18.4 Å². The van der Waals surface area contributed by atoms with Gasteiger partial charge in [0.05, 0.1) is 13.2 Å². The Morgan fingerprint density at radius 1 is 1.12 bits per heavy atom. The Kier molecular flexibility index (Phi) is 4.74. The standard InChI is InChI=1S/C20H27N3O3/c1-26-18-7-3-6-16(10-18)21-20(25)23-12-14-8-9-17(23)13-22(11-14)19(24)15-4-2-5-15/h3,6-7,10,14-15,17H,2,4-5,8-9,11-13H2,1H3,(H,21,25)/t14-,17+/m0/s1. The first-order valence-corrected chi connectivity index (χ1v) is 9.64. The maximum absolute atomic E-state index is 12.9. The quantitative estimate of drug-likeness (QED) is 0.905. The van der Waals surface area contributed by atoms with Gasteiger partial charge in [-0.25, -0.2) is 4.79 Å². The van der Waals surface area contributed by atoms with Crippen molar-refractivity contribution in [2.75, 3.05) is 32.1 Å². The minimum atomic E-state index is -0.0779. The number of rotatable bonds is 3. The van der Waals surface area contributed by atoms with E-state index in [-0.39, 0.29) is 18.0 Å². The molecule has 6 heteroatoms. The number of nitrogens with one attached hydrogen (secondary N) is 1. The molecule has 1 saturated carbocycles. The smallest absolute Gasteiger partial charge is 0.322 e. The van der Waals surface area contributed by atoms with Crippen molar-refractivity contribution in [3.63, 3.8) is 0 Å². The molecule has 0 aromatic heterocycles. The van der Waals surface area contributed by atoms with Gasteiger partial charge in [-0.3, -0.25) is 4.79 Å². The molecular weight excluding hydrogens is 330 g/mol. The monoisotopic (exact) mass is 357 g/mol. The zero-order chi connectivity index (χ0) is 18.1. The van der Waals surface area contributed by atoms with E-state index in [4.69, 9.17) is 4.74 Å². The maximum atomic E-state index is 12.9. The molecule has 1 N–H and O–H groups in total. The number of carbonyl (C=O) groups is 2. The third kappa shape index (κ3) is 3.37. The Morgan fingerprint density at radius 3 is 2.69 bits per heavy atom. The third-order valence-electron chi connectivity index (χ3n) is 6.06. The average Bonchev–Trinajstić information content (AvgIpc) is 2.92. The highest BCUT2D eigenvalue weighted by atomic mass is 16.5. The van der Waals surface area contributed by atoms with Crippen LogP contribution in [0.4, 0.5) is 10.5 Å². The van der Waals surface area contributed by atoms with Gasteiger partial charge in [0.15, 0.2) is 0 Å². The number of carbonyl (C=O) groups excluding carboxylic acids is 2. The van der Waals surface area contributed by atoms with Gasteiger partial charge in [-0.15, -0.1) is 0 Å². The Bertz CT molecular complexity index is 689. The molecule has 1 aliphatic carbocycles. The Labute approximate surface area is 154 Å². The summed E-state index contributed by atoms with van der Waals surface area (Å²) >= 11 is 0. The van der Waals surface area contributed by atoms with Crippen LogP contribution in [0.1, 0.15) is 32.1 Å². The fraction of sp³-hybridized carbons (Fsp3) is 0.600. The van der Waals surface area contributed by atoms with Gasteiger partial charge in [0.25, 0.3) is 0 Å². The topological polar surface area (TPSA) is 61.9 Å². The van der Waals surface area contributed by atoms with Crippen LogP contribution in [0.3, 0.4) is 0 Å². The summed E-state index contributed by atoms with van der Waals surface area (Å²) < 4.78 is 5.22. The predicted molar refractivity (Wildman–Crippen MR) is 99.2 cm³/mol. The van der Waals surface area contributed by atoms with E-state index in [1.807, 2.05) is 34.1 Å². The van der Waals surface area contributed by atoms with Crippen molar-refractivity contribution in [3.8, 4) is 5.75 Å². The zero-order valence-electron chi connectivity index (χ0n) is 15.3. The Morgan fingerprint density at radius 2 is 1.96 bits per heavy atom. The van der Waals surface area contributed by atoms with Gasteiger partial charge in [0.2, 0.25) is 5.91 Å². The second-order valence-corrected chi connectivity index (χ2v) is 7.78. The molecule has 1 aromatic rings. The summed E-state index contributed by atoms with van der Waals surface area (Å²) in [5, 5.41) is 2.99. The van der Waals surface area contributed by atoms with Crippen molar-refractivity contribution >= 4 is 17.6 Å². The number of ether oxygens (including phenoxy) is 1. The van der Waals surface area contributed by atoms with Crippen molar-refractivity contribution in [1.29, 1.82) is 0 Å². The van der Waals surface area contributed by atoms with Crippen molar-refractivity contribution < 1.29 is 14.3 Å². The molecule has 4 fully saturated rings. The highest BCUT2D eigenvalue weighted by molar-refractivity contribution is 5.90. The normalized spacial score (nSPS) is 25.4. The van der Waals surface area contributed by atoms with E-state index in [9.17, 15) is 9.59 Å². The van der Waals surface area contributed by atoms with Gasteiger partial charge in [-0.05, 0) is 43.7 Å². The number of nitrogens with zero attached hydrogens (tertiary/aromatic N) is 2. The number of methoxy groups -OCH3 is 1. The summed E-state index contributed by atoms with van der Waals surface area (Å²) in [6.07, 6.45) is 5.31. The lowest BCUT2D eigenvalue weighted by Gasteiger charge is -2.36. The number of piperidine rings is 1. The summed E-state index contributed by atoms with van der Waals surface area (Å²) in [5.74, 6) is 1.64. The molecule has 4 aliphatic rings. The lowest BCUT2D eigenvalue weighted by molar-refractivity contribution is -0.138. The summed E-state index contributed by atoms with van der Waals surface area (Å²) in [4.78, 5) is 29.5. The number of anilines is 1. The first kappa shape index (κ1) is 17.2. The molecule has 0 unspecified atom stereocenters. The third-order valence-corrected chi connectivity index (χ3v) is 6.06.